The van der Waals surface area contributed by atoms with Crippen molar-refractivity contribution in [1.29, 1.82) is 0 Å². The van der Waals surface area contributed by atoms with Crippen LogP contribution in [0.4, 0.5) is 0 Å². The summed E-state index contributed by atoms with van der Waals surface area (Å²) in [6.07, 6.45) is 13.6. The lowest BCUT2D eigenvalue weighted by Gasteiger charge is -2.06. The highest BCUT2D eigenvalue weighted by molar-refractivity contribution is 7.13. The highest BCUT2D eigenvalue weighted by atomic mass is 32.1. The molecule has 0 atom stereocenters. The second-order valence-corrected chi connectivity index (χ2v) is 21.4. The number of carbonyl (C=O) groups is 1. The fourth-order valence-corrected chi connectivity index (χ4v) is 5.63. The van der Waals surface area contributed by atoms with E-state index in [9.17, 15) is 9.90 Å². The van der Waals surface area contributed by atoms with Gasteiger partial charge in [-0.2, -0.15) is 0 Å². The van der Waals surface area contributed by atoms with Gasteiger partial charge in [-0.1, -0.05) is 116 Å². The molecule has 0 aromatic carbocycles. The standard InChI is InChI=1S/C27H44O2SSi2/c1-8-9-10-11-12-13-14-15-16-17-18-23-24(19-21-31(2,3)4)30-25(26(23)27(28)29)20-22-32(5,6)7/h8-18H2,1-7H3,(H,28,29). The maximum absolute atomic E-state index is 12.2. The van der Waals surface area contributed by atoms with Crippen LogP contribution >= 0.6 is 11.3 Å². The summed E-state index contributed by atoms with van der Waals surface area (Å²) in [4.78, 5) is 13.8. The van der Waals surface area contributed by atoms with Gasteiger partial charge in [0.1, 0.15) is 16.1 Å². The number of aromatic carboxylic acids is 1. The molecule has 32 heavy (non-hydrogen) atoms. The van der Waals surface area contributed by atoms with Crippen LogP contribution in [0.3, 0.4) is 0 Å². The Morgan fingerprint density at radius 1 is 0.750 bits per heavy atom. The summed E-state index contributed by atoms with van der Waals surface area (Å²) < 4.78 is 0. The van der Waals surface area contributed by atoms with Crippen molar-refractivity contribution in [3.05, 3.63) is 20.9 Å². The van der Waals surface area contributed by atoms with Gasteiger partial charge in [-0.25, -0.2) is 4.79 Å². The van der Waals surface area contributed by atoms with E-state index < -0.39 is 22.1 Å². The van der Waals surface area contributed by atoms with Crippen LogP contribution in [-0.2, 0) is 6.42 Å². The average molecular weight is 489 g/mol. The van der Waals surface area contributed by atoms with Crippen LogP contribution < -0.4 is 0 Å². The molecule has 0 bridgehead atoms. The maximum Gasteiger partial charge on any atom is 0.338 e. The first kappa shape index (κ1) is 28.8. The molecule has 0 unspecified atom stereocenters. The Hall–Kier alpha value is -1.28. The third-order valence-corrected chi connectivity index (χ3v) is 7.92. The Morgan fingerprint density at radius 3 is 1.62 bits per heavy atom. The van der Waals surface area contributed by atoms with Crippen molar-refractivity contribution in [2.75, 3.05) is 0 Å². The largest absolute Gasteiger partial charge is 0.478 e. The van der Waals surface area contributed by atoms with Gasteiger partial charge in [-0.05, 0) is 18.4 Å². The van der Waals surface area contributed by atoms with Crippen molar-refractivity contribution < 1.29 is 9.90 Å². The van der Waals surface area contributed by atoms with Gasteiger partial charge in [0.25, 0.3) is 0 Å². The molecule has 1 aromatic heterocycles. The van der Waals surface area contributed by atoms with Crippen molar-refractivity contribution in [2.45, 2.75) is 117 Å². The van der Waals surface area contributed by atoms with E-state index in [1.54, 1.807) is 0 Å². The molecule has 0 saturated heterocycles. The molecule has 0 aliphatic carbocycles. The van der Waals surface area contributed by atoms with Crippen molar-refractivity contribution in [3.63, 3.8) is 0 Å². The summed E-state index contributed by atoms with van der Waals surface area (Å²) in [7, 11) is -3.13. The highest BCUT2D eigenvalue weighted by Gasteiger charge is 2.22. The molecule has 0 radical (unpaired) electrons. The van der Waals surface area contributed by atoms with Gasteiger partial charge in [0.2, 0.25) is 0 Å². The number of hydrogen-bond donors (Lipinski definition) is 1. The second-order valence-electron chi connectivity index (χ2n) is 10.9. The summed E-state index contributed by atoms with van der Waals surface area (Å²) >= 11 is 1.49. The quantitative estimate of drug-likeness (QED) is 0.182. The van der Waals surface area contributed by atoms with Crippen LogP contribution in [0, 0.1) is 22.9 Å². The zero-order valence-corrected chi connectivity index (χ0v) is 24.4. The summed E-state index contributed by atoms with van der Waals surface area (Å²) in [6.45, 7) is 15.5. The minimum absolute atomic E-state index is 0.413. The van der Waals surface area contributed by atoms with Gasteiger partial charge in [-0.3, -0.25) is 0 Å². The Labute approximate surface area is 203 Å². The van der Waals surface area contributed by atoms with Crippen LogP contribution in [0.2, 0.25) is 39.3 Å². The molecule has 1 rings (SSSR count). The SMILES string of the molecule is CCCCCCCCCCCCc1c(C#C[Si](C)(C)C)sc(C#C[Si](C)(C)C)c1C(=O)O. The first-order valence-corrected chi connectivity index (χ1v) is 20.2. The van der Waals surface area contributed by atoms with Crippen LogP contribution in [-0.4, -0.2) is 27.2 Å². The summed E-state index contributed by atoms with van der Waals surface area (Å²) in [5, 5.41) is 9.99. The van der Waals surface area contributed by atoms with E-state index in [-0.39, 0.29) is 0 Å². The van der Waals surface area contributed by atoms with Crippen LogP contribution in [0.5, 0.6) is 0 Å². The van der Waals surface area contributed by atoms with Gasteiger partial charge >= 0.3 is 5.97 Å². The molecule has 0 spiro atoms. The van der Waals surface area contributed by atoms with Crippen molar-refractivity contribution in [2.24, 2.45) is 0 Å². The summed E-state index contributed by atoms with van der Waals surface area (Å²) in [5.74, 6) is 5.73. The van der Waals surface area contributed by atoms with E-state index in [2.05, 4.69) is 69.1 Å². The first-order chi connectivity index (χ1) is 14.9. The summed E-state index contributed by atoms with van der Waals surface area (Å²) in [6, 6.07) is 0. The lowest BCUT2D eigenvalue weighted by atomic mass is 10.0. The van der Waals surface area contributed by atoms with E-state index in [0.717, 1.165) is 29.7 Å². The number of carboxylic acid groups (broad SMARTS) is 1. The van der Waals surface area contributed by atoms with E-state index in [0.29, 0.717) is 10.4 Å². The zero-order chi connectivity index (χ0) is 24.2. The predicted octanol–water partition coefficient (Wildman–Crippen LogP) is 8.37. The molecule has 1 heterocycles. The zero-order valence-electron chi connectivity index (χ0n) is 21.5. The molecule has 1 aromatic rings. The number of unbranched alkanes of at least 4 members (excludes halogenated alkanes) is 9. The van der Waals surface area contributed by atoms with Crippen molar-refractivity contribution in [3.8, 4) is 22.9 Å². The second kappa shape index (κ2) is 14.1. The van der Waals surface area contributed by atoms with Gasteiger partial charge in [0, 0.05) is 0 Å². The molecule has 0 aliphatic rings. The van der Waals surface area contributed by atoms with E-state index in [4.69, 9.17) is 0 Å². The number of carboxylic acids is 1. The molecule has 0 fully saturated rings. The molecule has 5 heteroatoms. The van der Waals surface area contributed by atoms with Crippen LogP contribution in [0.15, 0.2) is 0 Å². The molecular weight excluding hydrogens is 445 g/mol. The predicted molar refractivity (Wildman–Crippen MR) is 147 cm³/mol. The Morgan fingerprint density at radius 2 is 1.19 bits per heavy atom. The molecule has 2 nitrogen and oxygen atoms in total. The number of thiophene rings is 1. The lowest BCUT2D eigenvalue weighted by Crippen LogP contribution is -2.16. The van der Waals surface area contributed by atoms with E-state index in [1.807, 2.05) is 0 Å². The van der Waals surface area contributed by atoms with Gasteiger partial charge in [0.15, 0.2) is 0 Å². The first-order valence-electron chi connectivity index (χ1n) is 12.4. The van der Waals surface area contributed by atoms with Crippen LogP contribution in [0.1, 0.15) is 96.8 Å². The molecule has 0 saturated carbocycles. The van der Waals surface area contributed by atoms with E-state index >= 15 is 0 Å². The third-order valence-electron chi connectivity index (χ3n) is 5.10. The fourth-order valence-electron chi connectivity index (χ4n) is 3.40. The minimum atomic E-state index is -1.59. The molecule has 0 aliphatic heterocycles. The van der Waals surface area contributed by atoms with Gasteiger partial charge in [-0.15, -0.1) is 22.4 Å². The fraction of sp³-hybridized carbons (Fsp3) is 0.667. The topological polar surface area (TPSA) is 37.3 Å². The smallest absolute Gasteiger partial charge is 0.338 e. The van der Waals surface area contributed by atoms with Crippen molar-refractivity contribution in [1.82, 2.24) is 0 Å². The molecule has 0 amide bonds. The van der Waals surface area contributed by atoms with Crippen LogP contribution in [0.25, 0.3) is 0 Å². The third kappa shape index (κ3) is 12.1. The number of rotatable bonds is 12. The monoisotopic (exact) mass is 488 g/mol. The van der Waals surface area contributed by atoms with Gasteiger partial charge in [0.05, 0.1) is 15.3 Å². The minimum Gasteiger partial charge on any atom is -0.478 e. The molecule has 178 valence electrons. The molecular formula is C27H44O2SSi2. The average Bonchev–Trinajstić information content (AvgIpc) is 3.03. The molecule has 1 N–H and O–H groups in total. The van der Waals surface area contributed by atoms with Crippen molar-refractivity contribution >= 4 is 33.5 Å². The Bertz CT molecular complexity index is 849. The maximum atomic E-state index is 12.2. The lowest BCUT2D eigenvalue weighted by molar-refractivity contribution is 0.0696. The normalized spacial score (nSPS) is 11.5. The summed E-state index contributed by atoms with van der Waals surface area (Å²) in [5.41, 5.74) is 8.13. The Balaban J connectivity index is 2.89. The van der Waals surface area contributed by atoms with E-state index in [1.165, 1.54) is 62.7 Å². The number of hydrogen-bond acceptors (Lipinski definition) is 2. The van der Waals surface area contributed by atoms with Gasteiger partial charge < -0.3 is 5.11 Å². The Kier molecular flexibility index (Phi) is 12.7. The highest BCUT2D eigenvalue weighted by Crippen LogP contribution is 2.30.